The van der Waals surface area contributed by atoms with Crippen LogP contribution in [0.4, 0.5) is 0 Å². The van der Waals surface area contributed by atoms with Gasteiger partial charge in [-0.15, -0.1) is 0 Å². The maximum Gasteiger partial charge on any atom is 0.303 e. The highest BCUT2D eigenvalue weighted by molar-refractivity contribution is 6.16. The molecule has 0 amide bonds. The number of benzene rings is 2. The molecule has 0 aliphatic heterocycles. The minimum absolute atomic E-state index is 0.00230. The topological polar surface area (TPSA) is 60.4 Å². The van der Waals surface area contributed by atoms with Crippen LogP contribution in [0.5, 0.6) is 0 Å². The number of ether oxygens (including phenoxy) is 1. The average molecular weight is 308 g/mol. The first kappa shape index (κ1) is 16.4. The van der Waals surface area contributed by atoms with Gasteiger partial charge in [0.15, 0.2) is 18.2 Å². The first-order valence-electron chi connectivity index (χ1n) is 7.11. The summed E-state index contributed by atoms with van der Waals surface area (Å²) in [7, 11) is 0. The van der Waals surface area contributed by atoms with E-state index in [-0.39, 0.29) is 18.2 Å². The van der Waals surface area contributed by atoms with Gasteiger partial charge in [0.05, 0.1) is 0 Å². The van der Waals surface area contributed by atoms with Crippen LogP contribution in [0.2, 0.25) is 0 Å². The summed E-state index contributed by atoms with van der Waals surface area (Å²) in [5, 5.41) is 1.35. The molecular weight excluding hydrogens is 292 g/mol. The van der Waals surface area contributed by atoms with E-state index in [0.717, 1.165) is 5.39 Å². The van der Waals surface area contributed by atoms with Crippen LogP contribution in [0, 0.1) is 11.8 Å². The van der Waals surface area contributed by atoms with Crippen molar-refractivity contribution in [3.05, 3.63) is 47.0 Å². The summed E-state index contributed by atoms with van der Waals surface area (Å²) in [6.07, 6.45) is 0. The van der Waals surface area contributed by atoms with Gasteiger partial charge in [-0.1, -0.05) is 30.0 Å². The van der Waals surface area contributed by atoms with E-state index in [4.69, 9.17) is 4.74 Å². The molecule has 4 heteroatoms. The molecule has 4 nitrogen and oxygen atoms in total. The summed E-state index contributed by atoms with van der Waals surface area (Å²) >= 11 is 0. The predicted octanol–water partition coefficient (Wildman–Crippen LogP) is 3.16. The van der Waals surface area contributed by atoms with Gasteiger partial charge in [0.1, 0.15) is 0 Å². The fraction of sp³-hybridized carbons (Fsp3) is 0.211. The highest BCUT2D eigenvalue weighted by Crippen LogP contribution is 2.27. The van der Waals surface area contributed by atoms with E-state index in [1.165, 1.54) is 20.8 Å². The Hall–Kier alpha value is -2.93. The lowest BCUT2D eigenvalue weighted by atomic mass is 9.92. The molecule has 0 saturated carbocycles. The Morgan fingerprint density at radius 3 is 2.22 bits per heavy atom. The van der Waals surface area contributed by atoms with Crippen molar-refractivity contribution in [3.8, 4) is 11.8 Å². The van der Waals surface area contributed by atoms with Gasteiger partial charge in [-0.25, -0.2) is 0 Å². The third kappa shape index (κ3) is 3.64. The van der Waals surface area contributed by atoms with Crippen LogP contribution in [0.15, 0.2) is 30.3 Å². The van der Waals surface area contributed by atoms with E-state index in [9.17, 15) is 14.4 Å². The average Bonchev–Trinajstić information content (AvgIpc) is 2.50. The third-order valence-corrected chi connectivity index (χ3v) is 3.37. The number of fused-ring (bicyclic) bond motifs is 1. The van der Waals surface area contributed by atoms with Crippen molar-refractivity contribution in [1.82, 2.24) is 0 Å². The monoisotopic (exact) mass is 308 g/mol. The van der Waals surface area contributed by atoms with Crippen molar-refractivity contribution in [1.29, 1.82) is 0 Å². The smallest absolute Gasteiger partial charge is 0.303 e. The molecule has 2 rings (SSSR count). The summed E-state index contributed by atoms with van der Waals surface area (Å²) in [5.74, 6) is 5.08. The molecule has 0 aliphatic carbocycles. The number of rotatable bonds is 3. The first-order valence-corrected chi connectivity index (χ1v) is 7.11. The summed E-state index contributed by atoms with van der Waals surface area (Å²) in [5.41, 5.74) is 1.67. The predicted molar refractivity (Wildman–Crippen MR) is 87.5 cm³/mol. The van der Waals surface area contributed by atoms with Crippen molar-refractivity contribution in [2.75, 3.05) is 6.61 Å². The quantitative estimate of drug-likeness (QED) is 0.496. The molecule has 116 valence electrons. The highest BCUT2D eigenvalue weighted by atomic mass is 16.5. The number of hydrogen-bond donors (Lipinski definition) is 0. The van der Waals surface area contributed by atoms with Crippen molar-refractivity contribution in [2.24, 2.45) is 0 Å². The number of carbonyl (C=O) groups excluding carboxylic acids is 3. The van der Waals surface area contributed by atoms with E-state index in [1.807, 2.05) is 6.07 Å². The first-order chi connectivity index (χ1) is 10.9. The second kappa shape index (κ2) is 6.89. The van der Waals surface area contributed by atoms with Gasteiger partial charge in [0.25, 0.3) is 0 Å². The van der Waals surface area contributed by atoms with Gasteiger partial charge in [-0.2, -0.15) is 0 Å². The lowest BCUT2D eigenvalue weighted by molar-refractivity contribution is -0.139. The van der Waals surface area contributed by atoms with Gasteiger partial charge in [0.2, 0.25) is 0 Å². The number of Topliss-reactive ketones (excluding diaryl/α,β-unsaturated/α-hetero) is 2. The van der Waals surface area contributed by atoms with Gasteiger partial charge >= 0.3 is 5.97 Å². The van der Waals surface area contributed by atoms with Crippen LogP contribution in [0.3, 0.4) is 0 Å². The van der Waals surface area contributed by atoms with E-state index in [0.29, 0.717) is 22.1 Å². The highest BCUT2D eigenvalue weighted by Gasteiger charge is 2.14. The van der Waals surface area contributed by atoms with Crippen LogP contribution in [-0.2, 0) is 9.53 Å². The van der Waals surface area contributed by atoms with Crippen molar-refractivity contribution >= 4 is 28.3 Å². The zero-order valence-electron chi connectivity index (χ0n) is 13.2. The van der Waals surface area contributed by atoms with Gasteiger partial charge in [-0.3, -0.25) is 14.4 Å². The maximum absolute atomic E-state index is 11.9. The summed E-state index contributed by atoms with van der Waals surface area (Å²) in [6, 6.07) is 8.70. The third-order valence-electron chi connectivity index (χ3n) is 3.37. The fourth-order valence-electron chi connectivity index (χ4n) is 2.37. The van der Waals surface area contributed by atoms with E-state index < -0.39 is 5.97 Å². The Labute approximate surface area is 134 Å². The minimum atomic E-state index is -0.394. The van der Waals surface area contributed by atoms with E-state index >= 15 is 0 Å². The number of carbonyl (C=O) groups is 3. The second-order valence-electron chi connectivity index (χ2n) is 5.08. The van der Waals surface area contributed by atoms with Crippen LogP contribution in [0.25, 0.3) is 10.8 Å². The molecule has 0 fully saturated rings. The molecule has 0 spiro atoms. The standard InChI is InChI=1S/C19H16O4/c1-12(20)16-7-4-8-18-15(6-5-11-23-14(3)22)9-10-17(13(2)21)19(16)18/h4,7-10H,11H2,1-3H3. The van der Waals surface area contributed by atoms with E-state index in [2.05, 4.69) is 11.8 Å². The van der Waals surface area contributed by atoms with Crippen molar-refractivity contribution in [2.45, 2.75) is 20.8 Å². The molecule has 2 aromatic carbocycles. The van der Waals surface area contributed by atoms with Crippen LogP contribution >= 0.6 is 0 Å². The minimum Gasteiger partial charge on any atom is -0.453 e. The van der Waals surface area contributed by atoms with Crippen LogP contribution < -0.4 is 0 Å². The molecule has 0 bridgehead atoms. The molecule has 0 aliphatic rings. The molecule has 2 aromatic rings. The van der Waals surface area contributed by atoms with Gasteiger partial charge in [-0.05, 0) is 31.4 Å². The maximum atomic E-state index is 11.9. The largest absolute Gasteiger partial charge is 0.453 e. The molecule has 0 saturated heterocycles. The molecule has 0 heterocycles. The Morgan fingerprint density at radius 2 is 1.61 bits per heavy atom. The number of ketones is 2. The Balaban J connectivity index is 2.63. The SMILES string of the molecule is CC(=O)OCC#Cc1ccc(C(C)=O)c2c(C(C)=O)cccc12. The Kier molecular flexibility index (Phi) is 4.92. The normalized spacial score (nSPS) is 9.87. The van der Waals surface area contributed by atoms with Crippen LogP contribution in [-0.4, -0.2) is 24.1 Å². The molecular formula is C19H16O4. The zero-order chi connectivity index (χ0) is 17.0. The molecule has 0 unspecified atom stereocenters. The Bertz CT molecular complexity index is 846. The second-order valence-corrected chi connectivity index (χ2v) is 5.08. The molecule has 0 N–H and O–H groups in total. The zero-order valence-corrected chi connectivity index (χ0v) is 13.2. The summed E-state index contributed by atoms with van der Waals surface area (Å²) < 4.78 is 4.78. The van der Waals surface area contributed by atoms with Crippen LogP contribution in [0.1, 0.15) is 47.1 Å². The van der Waals surface area contributed by atoms with Gasteiger partial charge < -0.3 is 4.74 Å². The molecule has 0 atom stereocenters. The summed E-state index contributed by atoms with van der Waals surface area (Å²) in [6.45, 7) is 4.25. The number of esters is 1. The van der Waals surface area contributed by atoms with E-state index in [1.54, 1.807) is 24.3 Å². The molecule has 0 radical (unpaired) electrons. The fourth-order valence-corrected chi connectivity index (χ4v) is 2.37. The van der Waals surface area contributed by atoms with Crippen molar-refractivity contribution in [3.63, 3.8) is 0 Å². The van der Waals surface area contributed by atoms with Gasteiger partial charge in [0, 0.05) is 29.0 Å². The molecule has 23 heavy (non-hydrogen) atoms. The van der Waals surface area contributed by atoms with Crippen molar-refractivity contribution < 1.29 is 19.1 Å². The number of hydrogen-bond acceptors (Lipinski definition) is 4. The Morgan fingerprint density at radius 1 is 0.957 bits per heavy atom. The molecule has 0 aromatic heterocycles. The lowest BCUT2D eigenvalue weighted by Gasteiger charge is -2.09. The lowest BCUT2D eigenvalue weighted by Crippen LogP contribution is -2.02. The summed E-state index contributed by atoms with van der Waals surface area (Å²) in [4.78, 5) is 34.5.